The Morgan fingerprint density at radius 3 is 2.43 bits per heavy atom. The molecule has 0 amide bonds. The highest BCUT2D eigenvalue weighted by atomic mass is 32.2. The van der Waals surface area contributed by atoms with Crippen LogP contribution in [0.25, 0.3) is 0 Å². The largest absolute Gasteiger partial charge is 0.377 e. The lowest BCUT2D eigenvalue weighted by atomic mass is 10.2. The van der Waals surface area contributed by atoms with Crippen molar-refractivity contribution in [2.75, 3.05) is 11.9 Å². The van der Waals surface area contributed by atoms with Crippen LogP contribution in [0, 0.1) is 0 Å². The predicted octanol–water partition coefficient (Wildman–Crippen LogP) is 2.55. The second kappa shape index (κ2) is 6.69. The lowest BCUT2D eigenvalue weighted by Gasteiger charge is -2.15. The van der Waals surface area contributed by atoms with Gasteiger partial charge in [0.1, 0.15) is 0 Å². The molecule has 112 valence electrons. The average molecular weight is 305 g/mol. The van der Waals surface area contributed by atoms with E-state index in [2.05, 4.69) is 15.0 Å². The first-order chi connectivity index (χ1) is 10.0. The van der Waals surface area contributed by atoms with E-state index in [1.807, 2.05) is 25.1 Å². The molecule has 6 heteroatoms. The first kappa shape index (κ1) is 15.5. The molecule has 1 heterocycles. The Kier molecular flexibility index (Phi) is 4.93. The quantitative estimate of drug-likeness (QED) is 0.860. The van der Waals surface area contributed by atoms with Crippen molar-refractivity contribution in [3.8, 4) is 0 Å². The van der Waals surface area contributed by atoms with Gasteiger partial charge in [-0.1, -0.05) is 13.0 Å². The Morgan fingerprint density at radius 1 is 1.14 bits per heavy atom. The summed E-state index contributed by atoms with van der Waals surface area (Å²) in [6.45, 7) is 4.13. The standard InChI is InChI=1S/C15H19N3O2S/c1-3-17-21(19,20)14-9-7-13(8-10-14)18-12(2)15-6-4-5-11-16-15/h4-12,17-18H,3H2,1-2H3. The highest BCUT2D eigenvalue weighted by Crippen LogP contribution is 2.19. The van der Waals surface area contributed by atoms with Gasteiger partial charge in [-0.3, -0.25) is 4.98 Å². The first-order valence-corrected chi connectivity index (χ1v) is 8.28. The van der Waals surface area contributed by atoms with Crippen molar-refractivity contribution in [1.29, 1.82) is 0 Å². The van der Waals surface area contributed by atoms with Gasteiger partial charge in [0.25, 0.3) is 0 Å². The number of nitrogens with one attached hydrogen (secondary N) is 2. The number of hydrogen-bond donors (Lipinski definition) is 2. The summed E-state index contributed by atoms with van der Waals surface area (Å²) in [4.78, 5) is 4.55. The van der Waals surface area contributed by atoms with Crippen LogP contribution in [-0.2, 0) is 10.0 Å². The molecule has 1 aromatic carbocycles. The minimum atomic E-state index is -3.40. The molecular formula is C15H19N3O2S. The molecule has 0 aliphatic rings. The number of aromatic nitrogens is 1. The van der Waals surface area contributed by atoms with Crippen LogP contribution in [-0.4, -0.2) is 19.9 Å². The van der Waals surface area contributed by atoms with Gasteiger partial charge in [-0.2, -0.15) is 0 Å². The van der Waals surface area contributed by atoms with Gasteiger partial charge in [-0.25, -0.2) is 13.1 Å². The van der Waals surface area contributed by atoms with Gasteiger partial charge >= 0.3 is 0 Å². The molecule has 1 unspecified atom stereocenters. The van der Waals surface area contributed by atoms with Gasteiger partial charge in [0.2, 0.25) is 10.0 Å². The Balaban J connectivity index is 2.10. The first-order valence-electron chi connectivity index (χ1n) is 6.80. The van der Waals surface area contributed by atoms with Gasteiger partial charge in [-0.15, -0.1) is 0 Å². The molecule has 0 aliphatic carbocycles. The third-order valence-electron chi connectivity index (χ3n) is 3.01. The van der Waals surface area contributed by atoms with Gasteiger partial charge in [0.15, 0.2) is 0 Å². The molecule has 0 aliphatic heterocycles. The van der Waals surface area contributed by atoms with Crippen molar-refractivity contribution in [1.82, 2.24) is 9.71 Å². The number of pyridine rings is 1. The third kappa shape index (κ3) is 4.03. The van der Waals surface area contributed by atoms with Gasteiger partial charge in [0, 0.05) is 18.4 Å². The smallest absolute Gasteiger partial charge is 0.240 e. The summed E-state index contributed by atoms with van der Waals surface area (Å²) in [5.41, 5.74) is 1.78. The lowest BCUT2D eigenvalue weighted by Crippen LogP contribution is -2.23. The normalized spacial score (nSPS) is 12.9. The number of sulfonamides is 1. The molecule has 0 saturated carbocycles. The predicted molar refractivity (Wildman–Crippen MR) is 83.6 cm³/mol. The fourth-order valence-electron chi connectivity index (χ4n) is 1.96. The zero-order chi connectivity index (χ0) is 15.3. The second-order valence-electron chi connectivity index (χ2n) is 4.65. The molecule has 0 fully saturated rings. The van der Waals surface area contributed by atoms with E-state index in [4.69, 9.17) is 0 Å². The summed E-state index contributed by atoms with van der Waals surface area (Å²) in [7, 11) is -3.40. The van der Waals surface area contributed by atoms with E-state index in [0.717, 1.165) is 11.4 Å². The minimum Gasteiger partial charge on any atom is -0.377 e. The lowest BCUT2D eigenvalue weighted by molar-refractivity contribution is 0.584. The molecule has 21 heavy (non-hydrogen) atoms. The zero-order valence-electron chi connectivity index (χ0n) is 12.1. The van der Waals surface area contributed by atoms with Crippen molar-refractivity contribution in [3.63, 3.8) is 0 Å². The molecule has 0 radical (unpaired) electrons. The van der Waals surface area contributed by atoms with Crippen LogP contribution < -0.4 is 10.0 Å². The van der Waals surface area contributed by atoms with E-state index in [0.29, 0.717) is 6.54 Å². The maximum absolute atomic E-state index is 11.8. The van der Waals surface area contributed by atoms with Crippen LogP contribution in [0.15, 0.2) is 53.6 Å². The number of nitrogens with zero attached hydrogens (tertiary/aromatic N) is 1. The molecule has 1 aromatic heterocycles. The summed E-state index contributed by atoms with van der Waals surface area (Å²) in [5, 5.41) is 3.29. The van der Waals surface area contributed by atoms with Crippen LogP contribution in [0.1, 0.15) is 25.6 Å². The van der Waals surface area contributed by atoms with E-state index in [1.54, 1.807) is 37.4 Å². The number of hydrogen-bond acceptors (Lipinski definition) is 4. The third-order valence-corrected chi connectivity index (χ3v) is 4.58. The Morgan fingerprint density at radius 2 is 1.86 bits per heavy atom. The fourth-order valence-corrected chi connectivity index (χ4v) is 3.00. The SMILES string of the molecule is CCNS(=O)(=O)c1ccc(NC(C)c2ccccn2)cc1. The van der Waals surface area contributed by atoms with Crippen molar-refractivity contribution in [2.24, 2.45) is 0 Å². The fraction of sp³-hybridized carbons (Fsp3) is 0.267. The van der Waals surface area contributed by atoms with E-state index < -0.39 is 10.0 Å². The summed E-state index contributed by atoms with van der Waals surface area (Å²) in [6, 6.07) is 12.5. The van der Waals surface area contributed by atoms with Crippen molar-refractivity contribution in [2.45, 2.75) is 24.8 Å². The summed E-state index contributed by atoms with van der Waals surface area (Å²) in [5.74, 6) is 0. The average Bonchev–Trinajstić information content (AvgIpc) is 2.48. The van der Waals surface area contributed by atoms with Crippen LogP contribution in [0.2, 0.25) is 0 Å². The van der Waals surface area contributed by atoms with Crippen molar-refractivity contribution in [3.05, 3.63) is 54.4 Å². The maximum atomic E-state index is 11.8. The summed E-state index contributed by atoms with van der Waals surface area (Å²) >= 11 is 0. The molecule has 2 rings (SSSR count). The van der Waals surface area contributed by atoms with Gasteiger partial charge in [0.05, 0.1) is 16.6 Å². The topological polar surface area (TPSA) is 71.1 Å². The van der Waals surface area contributed by atoms with Crippen LogP contribution in [0.5, 0.6) is 0 Å². The second-order valence-corrected chi connectivity index (χ2v) is 6.41. The van der Waals surface area contributed by atoms with E-state index in [1.165, 1.54) is 0 Å². The van der Waals surface area contributed by atoms with E-state index in [-0.39, 0.29) is 10.9 Å². The van der Waals surface area contributed by atoms with Crippen LogP contribution in [0.4, 0.5) is 5.69 Å². The van der Waals surface area contributed by atoms with E-state index >= 15 is 0 Å². The monoisotopic (exact) mass is 305 g/mol. The van der Waals surface area contributed by atoms with Crippen LogP contribution >= 0.6 is 0 Å². The zero-order valence-corrected chi connectivity index (χ0v) is 12.9. The minimum absolute atomic E-state index is 0.0439. The van der Waals surface area contributed by atoms with Gasteiger partial charge in [-0.05, 0) is 43.3 Å². The summed E-state index contributed by atoms with van der Waals surface area (Å²) < 4.78 is 26.2. The molecule has 2 aromatic rings. The molecule has 5 nitrogen and oxygen atoms in total. The Labute approximate surface area is 125 Å². The summed E-state index contributed by atoms with van der Waals surface area (Å²) in [6.07, 6.45) is 1.75. The Hall–Kier alpha value is -1.92. The highest BCUT2D eigenvalue weighted by Gasteiger charge is 2.12. The van der Waals surface area contributed by atoms with E-state index in [9.17, 15) is 8.42 Å². The highest BCUT2D eigenvalue weighted by molar-refractivity contribution is 7.89. The molecule has 1 atom stereocenters. The van der Waals surface area contributed by atoms with Crippen LogP contribution in [0.3, 0.4) is 0 Å². The Bertz CT molecular complexity index is 670. The molecular weight excluding hydrogens is 286 g/mol. The number of rotatable bonds is 6. The van der Waals surface area contributed by atoms with Crippen molar-refractivity contribution >= 4 is 15.7 Å². The van der Waals surface area contributed by atoms with Gasteiger partial charge < -0.3 is 5.32 Å². The maximum Gasteiger partial charge on any atom is 0.240 e. The molecule has 0 bridgehead atoms. The number of anilines is 1. The molecule has 2 N–H and O–H groups in total. The molecule has 0 saturated heterocycles. The number of benzene rings is 1. The van der Waals surface area contributed by atoms with Crippen molar-refractivity contribution < 1.29 is 8.42 Å². The molecule has 0 spiro atoms.